The van der Waals surface area contributed by atoms with Gasteiger partial charge < -0.3 is 19.7 Å². The molecule has 9 nitrogen and oxygen atoms in total. The zero-order valence-electron chi connectivity index (χ0n) is 15.7. The van der Waals surface area contributed by atoms with Gasteiger partial charge in [-0.1, -0.05) is 6.07 Å². The number of ether oxygens (including phenoxy) is 2. The van der Waals surface area contributed by atoms with Gasteiger partial charge in [0.15, 0.2) is 23.0 Å². The van der Waals surface area contributed by atoms with Crippen LogP contribution < -0.4 is 19.7 Å². The molecule has 0 radical (unpaired) electrons. The summed E-state index contributed by atoms with van der Waals surface area (Å²) in [5, 5.41) is 15.8. The van der Waals surface area contributed by atoms with Crippen molar-refractivity contribution in [3.63, 3.8) is 0 Å². The van der Waals surface area contributed by atoms with Crippen molar-refractivity contribution in [3.8, 4) is 11.5 Å². The number of rotatable bonds is 5. The lowest BCUT2D eigenvalue weighted by molar-refractivity contribution is -0.116. The van der Waals surface area contributed by atoms with Crippen molar-refractivity contribution in [3.05, 3.63) is 47.8 Å². The first-order valence-electron chi connectivity index (χ1n) is 9.58. The molecule has 29 heavy (non-hydrogen) atoms. The number of carbonyl (C=O) groups is 1. The van der Waals surface area contributed by atoms with Crippen molar-refractivity contribution < 1.29 is 14.3 Å². The Kier molecular flexibility index (Phi) is 4.47. The minimum atomic E-state index is -0.227. The Morgan fingerprint density at radius 2 is 1.97 bits per heavy atom. The normalized spacial score (nSPS) is 15.5. The van der Waals surface area contributed by atoms with E-state index >= 15 is 0 Å². The number of nitrogens with one attached hydrogen (secondary N) is 1. The van der Waals surface area contributed by atoms with E-state index in [-0.39, 0.29) is 19.2 Å². The van der Waals surface area contributed by atoms with Gasteiger partial charge in [0.25, 0.3) is 0 Å². The zero-order chi connectivity index (χ0) is 19.6. The van der Waals surface area contributed by atoms with Crippen molar-refractivity contribution >= 4 is 23.4 Å². The summed E-state index contributed by atoms with van der Waals surface area (Å²) in [6, 6.07) is 9.39. The molecule has 0 unspecified atom stereocenters. The molecule has 0 spiro atoms. The Morgan fingerprint density at radius 3 is 2.86 bits per heavy atom. The maximum absolute atomic E-state index is 12.2. The zero-order valence-corrected chi connectivity index (χ0v) is 15.7. The van der Waals surface area contributed by atoms with Crippen LogP contribution in [0.5, 0.6) is 11.5 Å². The van der Waals surface area contributed by atoms with Gasteiger partial charge in [0.1, 0.15) is 5.82 Å². The van der Waals surface area contributed by atoms with Crippen molar-refractivity contribution in [2.45, 2.75) is 19.4 Å². The van der Waals surface area contributed by atoms with Gasteiger partial charge in [-0.2, -0.15) is 4.52 Å². The highest BCUT2D eigenvalue weighted by Crippen LogP contribution is 2.32. The molecule has 1 aromatic carbocycles. The lowest BCUT2D eigenvalue weighted by Gasteiger charge is -2.15. The van der Waals surface area contributed by atoms with Crippen LogP contribution in [0, 0.1) is 0 Å². The summed E-state index contributed by atoms with van der Waals surface area (Å²) in [4.78, 5) is 14.5. The predicted octanol–water partition coefficient (Wildman–Crippen LogP) is 1.78. The molecule has 2 aromatic heterocycles. The second-order valence-corrected chi connectivity index (χ2v) is 6.94. The van der Waals surface area contributed by atoms with E-state index in [0.717, 1.165) is 24.5 Å². The van der Waals surface area contributed by atoms with E-state index in [4.69, 9.17) is 9.47 Å². The molecule has 1 saturated heterocycles. The summed E-state index contributed by atoms with van der Waals surface area (Å²) >= 11 is 0. The number of benzene rings is 1. The molecule has 0 atom stereocenters. The van der Waals surface area contributed by atoms with Crippen LogP contribution in [-0.4, -0.2) is 45.6 Å². The molecule has 3 aromatic rings. The molecular formula is C20H20N6O3. The summed E-state index contributed by atoms with van der Waals surface area (Å²) in [5.41, 5.74) is 1.52. The van der Waals surface area contributed by atoms with Gasteiger partial charge in [0.05, 0.1) is 6.54 Å². The average Bonchev–Trinajstić information content (AvgIpc) is 3.50. The SMILES string of the molecule is O=C(/C=C/c1ccc2c(c1)OCO2)NCc1nnc2ccc(N3CCCC3)nn12. The number of hydrogen-bond acceptors (Lipinski definition) is 7. The van der Waals surface area contributed by atoms with Crippen LogP contribution in [0.15, 0.2) is 36.4 Å². The third-order valence-corrected chi connectivity index (χ3v) is 4.99. The fourth-order valence-electron chi connectivity index (χ4n) is 3.46. The number of nitrogens with zero attached hydrogens (tertiary/aromatic N) is 5. The van der Waals surface area contributed by atoms with Gasteiger partial charge in [-0.3, -0.25) is 4.79 Å². The highest BCUT2D eigenvalue weighted by molar-refractivity contribution is 5.91. The Morgan fingerprint density at radius 1 is 1.10 bits per heavy atom. The molecule has 4 heterocycles. The maximum Gasteiger partial charge on any atom is 0.244 e. The van der Waals surface area contributed by atoms with Crippen LogP contribution in [0.2, 0.25) is 0 Å². The van der Waals surface area contributed by atoms with Gasteiger partial charge >= 0.3 is 0 Å². The molecule has 2 aliphatic rings. The van der Waals surface area contributed by atoms with Gasteiger partial charge in [0.2, 0.25) is 12.7 Å². The molecule has 0 aliphatic carbocycles. The second kappa shape index (κ2) is 7.42. The lowest BCUT2D eigenvalue weighted by Crippen LogP contribution is -2.23. The highest BCUT2D eigenvalue weighted by Gasteiger charge is 2.16. The van der Waals surface area contributed by atoms with E-state index in [1.54, 1.807) is 10.6 Å². The molecule has 5 rings (SSSR count). The molecule has 0 saturated carbocycles. The van der Waals surface area contributed by atoms with Crippen LogP contribution in [0.4, 0.5) is 5.82 Å². The van der Waals surface area contributed by atoms with Crippen molar-refractivity contribution in [1.82, 2.24) is 25.1 Å². The third-order valence-electron chi connectivity index (χ3n) is 4.99. The number of anilines is 1. The first-order chi connectivity index (χ1) is 14.3. The van der Waals surface area contributed by atoms with Crippen molar-refractivity contribution in [1.29, 1.82) is 0 Å². The van der Waals surface area contributed by atoms with E-state index in [1.165, 1.54) is 18.9 Å². The summed E-state index contributed by atoms with van der Waals surface area (Å²) < 4.78 is 12.3. The Hall–Kier alpha value is -3.62. The number of carbonyl (C=O) groups excluding carboxylic acids is 1. The second-order valence-electron chi connectivity index (χ2n) is 6.94. The molecule has 1 N–H and O–H groups in total. The highest BCUT2D eigenvalue weighted by atomic mass is 16.7. The molecule has 9 heteroatoms. The summed E-state index contributed by atoms with van der Waals surface area (Å²) in [7, 11) is 0. The topological polar surface area (TPSA) is 93.9 Å². The van der Waals surface area contributed by atoms with Crippen LogP contribution in [0.25, 0.3) is 11.7 Å². The number of amides is 1. The minimum Gasteiger partial charge on any atom is -0.454 e. The molecule has 2 aliphatic heterocycles. The summed E-state index contributed by atoms with van der Waals surface area (Å²) in [5.74, 6) is 2.67. The largest absolute Gasteiger partial charge is 0.454 e. The van der Waals surface area contributed by atoms with Gasteiger partial charge in [0, 0.05) is 19.2 Å². The molecule has 1 fully saturated rings. The predicted molar refractivity (Wildman–Crippen MR) is 106 cm³/mol. The molecule has 1 amide bonds. The molecular weight excluding hydrogens is 372 g/mol. The maximum atomic E-state index is 12.2. The van der Waals surface area contributed by atoms with Crippen molar-refractivity contribution in [2.24, 2.45) is 0 Å². The van der Waals surface area contributed by atoms with Gasteiger partial charge in [-0.05, 0) is 48.7 Å². The Bertz CT molecular complexity index is 1090. The van der Waals surface area contributed by atoms with Crippen molar-refractivity contribution in [2.75, 3.05) is 24.8 Å². The van der Waals surface area contributed by atoms with E-state index in [1.807, 2.05) is 30.3 Å². The van der Waals surface area contributed by atoms with E-state index in [0.29, 0.717) is 23.0 Å². The van der Waals surface area contributed by atoms with Crippen LogP contribution in [-0.2, 0) is 11.3 Å². The Balaban J connectivity index is 1.25. The number of fused-ring (bicyclic) bond motifs is 2. The van der Waals surface area contributed by atoms with E-state index in [2.05, 4.69) is 25.5 Å². The van der Waals surface area contributed by atoms with Crippen LogP contribution in [0.1, 0.15) is 24.2 Å². The summed E-state index contributed by atoms with van der Waals surface area (Å²) in [6.45, 7) is 2.49. The fraction of sp³-hybridized carbons (Fsp3) is 0.300. The first kappa shape index (κ1) is 17.5. The minimum absolute atomic E-state index is 0.225. The number of hydrogen-bond donors (Lipinski definition) is 1. The van der Waals surface area contributed by atoms with E-state index in [9.17, 15) is 4.79 Å². The summed E-state index contributed by atoms with van der Waals surface area (Å²) in [6.07, 6.45) is 5.56. The van der Waals surface area contributed by atoms with E-state index < -0.39 is 0 Å². The standard InChI is InChI=1S/C20H20N6O3/c27-20(8-4-14-3-5-15-16(11-14)29-13-28-15)21-12-19-23-22-17-6-7-18(24-26(17)19)25-9-1-2-10-25/h3-8,11H,1-2,9-10,12-13H2,(H,21,27)/b8-4+. The average molecular weight is 392 g/mol. The van der Waals surface area contributed by atoms with Crippen LogP contribution in [0.3, 0.4) is 0 Å². The third kappa shape index (κ3) is 3.58. The fourth-order valence-corrected chi connectivity index (χ4v) is 3.46. The Labute approximate surface area is 166 Å². The van der Waals surface area contributed by atoms with Crippen LogP contribution >= 0.6 is 0 Å². The first-order valence-corrected chi connectivity index (χ1v) is 9.58. The lowest BCUT2D eigenvalue weighted by atomic mass is 10.2. The smallest absolute Gasteiger partial charge is 0.244 e. The molecule has 0 bridgehead atoms. The van der Waals surface area contributed by atoms with Gasteiger partial charge in [-0.25, -0.2) is 0 Å². The molecule has 148 valence electrons. The monoisotopic (exact) mass is 392 g/mol. The quantitative estimate of drug-likeness (QED) is 0.662. The number of aromatic nitrogens is 4. The van der Waals surface area contributed by atoms with Gasteiger partial charge in [-0.15, -0.1) is 15.3 Å².